The molecule has 0 aliphatic heterocycles. The first-order valence-corrected chi connectivity index (χ1v) is 6.21. The summed E-state index contributed by atoms with van der Waals surface area (Å²) in [6.45, 7) is 11.2. The van der Waals surface area contributed by atoms with Crippen molar-refractivity contribution in [1.29, 1.82) is 0 Å². The van der Waals surface area contributed by atoms with Crippen LogP contribution in [0.15, 0.2) is 6.20 Å². The molecule has 1 aromatic heterocycles. The molecule has 98 valence electrons. The second-order valence-electron chi connectivity index (χ2n) is 4.07. The van der Waals surface area contributed by atoms with Gasteiger partial charge in [0, 0.05) is 13.5 Å². The highest BCUT2D eigenvalue weighted by Crippen LogP contribution is 2.02. The second-order valence-corrected chi connectivity index (χ2v) is 4.07. The van der Waals surface area contributed by atoms with E-state index < -0.39 is 0 Å². The van der Waals surface area contributed by atoms with Crippen LogP contribution in [0.5, 0.6) is 0 Å². The molecule has 5 nitrogen and oxygen atoms in total. The molecule has 0 unspecified atom stereocenters. The van der Waals surface area contributed by atoms with E-state index in [0.717, 1.165) is 18.7 Å². The second kappa shape index (κ2) is 8.73. The average molecular weight is 240 g/mol. The molecule has 1 amide bonds. The van der Waals surface area contributed by atoms with Crippen LogP contribution in [0.4, 0.5) is 0 Å². The summed E-state index contributed by atoms with van der Waals surface area (Å²) in [5, 5.41) is 10.6. The minimum Gasteiger partial charge on any atom is -0.351 e. The van der Waals surface area contributed by atoms with E-state index in [2.05, 4.69) is 29.5 Å². The van der Waals surface area contributed by atoms with Crippen LogP contribution in [0.3, 0.4) is 0 Å². The van der Waals surface area contributed by atoms with E-state index in [9.17, 15) is 4.79 Å². The molecule has 1 heterocycles. The van der Waals surface area contributed by atoms with Gasteiger partial charge in [-0.3, -0.25) is 9.48 Å². The molecule has 0 aromatic carbocycles. The van der Waals surface area contributed by atoms with Gasteiger partial charge in [0.15, 0.2) is 0 Å². The molecule has 17 heavy (non-hydrogen) atoms. The van der Waals surface area contributed by atoms with Crippen LogP contribution in [-0.4, -0.2) is 20.9 Å². The lowest BCUT2D eigenvalue weighted by Crippen LogP contribution is -2.19. The Kier molecular flexibility index (Phi) is 8.01. The number of nitrogens with zero attached hydrogens (tertiary/aromatic N) is 3. The van der Waals surface area contributed by atoms with Crippen molar-refractivity contribution in [2.24, 2.45) is 5.92 Å². The summed E-state index contributed by atoms with van der Waals surface area (Å²) < 4.78 is 1.82. The van der Waals surface area contributed by atoms with E-state index in [1.165, 1.54) is 6.92 Å². The summed E-state index contributed by atoms with van der Waals surface area (Å²) in [4.78, 5) is 10.7. The number of rotatable bonds is 5. The Bertz CT molecular complexity index is 320. The maximum Gasteiger partial charge on any atom is 0.217 e. The Balaban J connectivity index is 0.00000121. The fourth-order valence-electron chi connectivity index (χ4n) is 1.13. The molecule has 0 saturated heterocycles. The van der Waals surface area contributed by atoms with Crippen molar-refractivity contribution in [1.82, 2.24) is 20.3 Å². The first-order valence-electron chi connectivity index (χ1n) is 6.21. The number of nitrogens with one attached hydrogen (secondary N) is 1. The summed E-state index contributed by atoms with van der Waals surface area (Å²) in [5.41, 5.74) is 0.800. The summed E-state index contributed by atoms with van der Waals surface area (Å²) in [6, 6.07) is 0. The molecule has 0 radical (unpaired) electrons. The van der Waals surface area contributed by atoms with Gasteiger partial charge in [0.2, 0.25) is 5.91 Å². The van der Waals surface area contributed by atoms with Gasteiger partial charge in [-0.05, 0) is 12.3 Å². The van der Waals surface area contributed by atoms with Gasteiger partial charge < -0.3 is 5.32 Å². The van der Waals surface area contributed by atoms with Gasteiger partial charge >= 0.3 is 0 Å². The molecule has 1 aromatic rings. The van der Waals surface area contributed by atoms with Crippen LogP contribution in [0.2, 0.25) is 0 Å². The highest BCUT2D eigenvalue weighted by atomic mass is 16.1. The highest BCUT2D eigenvalue weighted by Gasteiger charge is 2.02. The fourth-order valence-corrected chi connectivity index (χ4v) is 1.13. The lowest BCUT2D eigenvalue weighted by molar-refractivity contribution is -0.119. The quantitative estimate of drug-likeness (QED) is 0.856. The first-order chi connectivity index (χ1) is 8.08. The van der Waals surface area contributed by atoms with Crippen LogP contribution < -0.4 is 5.32 Å². The van der Waals surface area contributed by atoms with Crippen LogP contribution in [0.1, 0.15) is 46.7 Å². The van der Waals surface area contributed by atoms with Crippen molar-refractivity contribution < 1.29 is 4.79 Å². The lowest BCUT2D eigenvalue weighted by atomic mass is 10.1. The Labute approximate surface area is 104 Å². The third-order valence-electron chi connectivity index (χ3n) is 2.04. The summed E-state index contributed by atoms with van der Waals surface area (Å²) >= 11 is 0. The van der Waals surface area contributed by atoms with Crippen molar-refractivity contribution >= 4 is 5.91 Å². The third kappa shape index (κ3) is 7.49. The van der Waals surface area contributed by atoms with Gasteiger partial charge in [-0.15, -0.1) is 5.10 Å². The van der Waals surface area contributed by atoms with Gasteiger partial charge in [0.25, 0.3) is 0 Å². The Morgan fingerprint density at radius 2 is 2.12 bits per heavy atom. The molecule has 0 spiro atoms. The molecule has 0 aliphatic carbocycles. The average Bonchev–Trinajstić information content (AvgIpc) is 2.74. The molecule has 0 fully saturated rings. The lowest BCUT2D eigenvalue weighted by Gasteiger charge is -2.02. The van der Waals surface area contributed by atoms with Gasteiger partial charge in [-0.1, -0.05) is 32.9 Å². The molecular weight excluding hydrogens is 216 g/mol. The largest absolute Gasteiger partial charge is 0.351 e. The number of hydrogen-bond donors (Lipinski definition) is 1. The molecular formula is C12H24N4O. The zero-order chi connectivity index (χ0) is 13.3. The highest BCUT2D eigenvalue weighted by molar-refractivity contribution is 5.72. The van der Waals surface area contributed by atoms with Crippen LogP contribution in [0.25, 0.3) is 0 Å². The van der Waals surface area contributed by atoms with Crippen LogP contribution >= 0.6 is 0 Å². The minimum atomic E-state index is -0.0493. The van der Waals surface area contributed by atoms with Crippen molar-refractivity contribution in [3.63, 3.8) is 0 Å². The van der Waals surface area contributed by atoms with Crippen molar-refractivity contribution in [3.05, 3.63) is 11.9 Å². The predicted octanol–water partition coefficient (Wildman–Crippen LogP) is 1.99. The van der Waals surface area contributed by atoms with Crippen LogP contribution in [-0.2, 0) is 17.9 Å². The van der Waals surface area contributed by atoms with Gasteiger partial charge in [0.1, 0.15) is 5.69 Å². The van der Waals surface area contributed by atoms with E-state index in [0.29, 0.717) is 12.5 Å². The summed E-state index contributed by atoms with van der Waals surface area (Å²) in [5.74, 6) is 0.611. The SMILES string of the molecule is CC.CC(=O)NCc1cn(CCC(C)C)nn1. The maximum absolute atomic E-state index is 10.7. The van der Waals surface area contributed by atoms with Crippen molar-refractivity contribution in [2.75, 3.05) is 0 Å². The fraction of sp³-hybridized carbons (Fsp3) is 0.750. The molecule has 0 saturated carbocycles. The molecule has 0 aliphatic rings. The van der Waals surface area contributed by atoms with E-state index in [1.54, 1.807) is 0 Å². The normalized spacial score (nSPS) is 9.76. The Morgan fingerprint density at radius 3 is 2.65 bits per heavy atom. The zero-order valence-electron chi connectivity index (χ0n) is 11.5. The summed E-state index contributed by atoms with van der Waals surface area (Å²) in [6.07, 6.45) is 2.96. The third-order valence-corrected chi connectivity index (χ3v) is 2.04. The molecule has 0 bridgehead atoms. The number of aromatic nitrogens is 3. The van der Waals surface area contributed by atoms with E-state index in [1.807, 2.05) is 24.7 Å². The van der Waals surface area contributed by atoms with Crippen molar-refractivity contribution in [2.45, 2.75) is 54.1 Å². The van der Waals surface area contributed by atoms with Gasteiger partial charge in [-0.2, -0.15) is 0 Å². The number of carbonyl (C=O) groups is 1. The zero-order valence-corrected chi connectivity index (χ0v) is 11.5. The van der Waals surface area contributed by atoms with E-state index >= 15 is 0 Å². The van der Waals surface area contributed by atoms with E-state index in [4.69, 9.17) is 0 Å². The smallest absolute Gasteiger partial charge is 0.217 e. The number of carbonyl (C=O) groups excluding carboxylic acids is 1. The first kappa shape index (κ1) is 15.6. The number of amides is 1. The Morgan fingerprint density at radius 1 is 1.47 bits per heavy atom. The van der Waals surface area contributed by atoms with E-state index in [-0.39, 0.29) is 5.91 Å². The predicted molar refractivity (Wildman–Crippen MR) is 68.3 cm³/mol. The van der Waals surface area contributed by atoms with Crippen LogP contribution in [0, 0.1) is 5.92 Å². The van der Waals surface area contributed by atoms with Crippen molar-refractivity contribution in [3.8, 4) is 0 Å². The minimum absolute atomic E-state index is 0.0493. The van der Waals surface area contributed by atoms with Gasteiger partial charge in [0.05, 0.1) is 12.7 Å². The topological polar surface area (TPSA) is 59.8 Å². The summed E-state index contributed by atoms with van der Waals surface area (Å²) in [7, 11) is 0. The number of hydrogen-bond acceptors (Lipinski definition) is 3. The molecule has 1 rings (SSSR count). The standard InChI is InChI=1S/C10H18N4O.C2H6/c1-8(2)4-5-14-7-10(12-13-14)6-11-9(3)15;1-2/h7-8H,4-6H2,1-3H3,(H,11,15);1-2H3. The monoisotopic (exact) mass is 240 g/mol. The Hall–Kier alpha value is -1.39. The molecule has 0 atom stereocenters. The molecule has 5 heteroatoms. The number of aryl methyl sites for hydroxylation is 1. The molecule has 1 N–H and O–H groups in total. The van der Waals surface area contributed by atoms with Gasteiger partial charge in [-0.25, -0.2) is 0 Å². The maximum atomic E-state index is 10.7.